The molecule has 0 spiro atoms. The molecule has 1 unspecified atom stereocenters. The normalized spacial score (nSPS) is 14.1. The molecule has 0 rings (SSSR count). The van der Waals surface area contributed by atoms with Crippen molar-refractivity contribution in [3.63, 3.8) is 0 Å². The van der Waals surface area contributed by atoms with Crippen molar-refractivity contribution < 1.29 is 4.79 Å². The SMILES string of the molecule is CCC(=O)C(C)N(CC(C)C)C(C)C. The number of Topliss-reactive ketones (excluding diaryl/α,β-unsaturated/α-hetero) is 1. The zero-order valence-corrected chi connectivity index (χ0v) is 10.5. The highest BCUT2D eigenvalue weighted by molar-refractivity contribution is 5.83. The Morgan fingerprint density at radius 1 is 1.14 bits per heavy atom. The molecule has 0 bridgehead atoms. The maximum absolute atomic E-state index is 11.6. The molecule has 0 heterocycles. The van der Waals surface area contributed by atoms with Crippen LogP contribution in [0.15, 0.2) is 0 Å². The maximum atomic E-state index is 11.6. The lowest BCUT2D eigenvalue weighted by Crippen LogP contribution is -2.45. The van der Waals surface area contributed by atoms with E-state index in [0.717, 1.165) is 6.54 Å². The fourth-order valence-electron chi connectivity index (χ4n) is 1.72. The van der Waals surface area contributed by atoms with E-state index in [2.05, 4.69) is 32.6 Å². The first kappa shape index (κ1) is 13.6. The van der Waals surface area contributed by atoms with Crippen LogP contribution in [-0.4, -0.2) is 29.3 Å². The summed E-state index contributed by atoms with van der Waals surface area (Å²) < 4.78 is 0. The summed E-state index contributed by atoms with van der Waals surface area (Å²) in [5.41, 5.74) is 0. The minimum absolute atomic E-state index is 0.0717. The molecule has 0 aromatic rings. The molecule has 0 N–H and O–H groups in total. The molecule has 2 heteroatoms. The van der Waals surface area contributed by atoms with Crippen LogP contribution >= 0.6 is 0 Å². The zero-order chi connectivity index (χ0) is 11.3. The minimum Gasteiger partial charge on any atom is -0.298 e. The van der Waals surface area contributed by atoms with E-state index in [-0.39, 0.29) is 6.04 Å². The molecule has 2 nitrogen and oxygen atoms in total. The van der Waals surface area contributed by atoms with E-state index in [4.69, 9.17) is 0 Å². The average molecular weight is 199 g/mol. The van der Waals surface area contributed by atoms with Crippen LogP contribution in [0.5, 0.6) is 0 Å². The summed E-state index contributed by atoms with van der Waals surface area (Å²) in [7, 11) is 0. The fraction of sp³-hybridized carbons (Fsp3) is 0.917. The van der Waals surface area contributed by atoms with Gasteiger partial charge < -0.3 is 0 Å². The molecule has 0 aliphatic carbocycles. The Balaban J connectivity index is 4.40. The Morgan fingerprint density at radius 3 is 1.93 bits per heavy atom. The standard InChI is InChI=1S/C12H25NO/c1-7-12(14)11(6)13(10(4)5)8-9(2)3/h9-11H,7-8H2,1-6H3. The van der Waals surface area contributed by atoms with Crippen LogP contribution in [0, 0.1) is 5.92 Å². The van der Waals surface area contributed by atoms with Crippen LogP contribution in [-0.2, 0) is 4.79 Å². The van der Waals surface area contributed by atoms with E-state index in [1.54, 1.807) is 0 Å². The van der Waals surface area contributed by atoms with Gasteiger partial charge in [0.15, 0.2) is 0 Å². The van der Waals surface area contributed by atoms with E-state index >= 15 is 0 Å². The van der Waals surface area contributed by atoms with Crippen LogP contribution in [0.4, 0.5) is 0 Å². The highest BCUT2D eigenvalue weighted by atomic mass is 16.1. The summed E-state index contributed by atoms with van der Waals surface area (Å²) in [6.45, 7) is 13.7. The Morgan fingerprint density at radius 2 is 1.64 bits per heavy atom. The van der Waals surface area contributed by atoms with Gasteiger partial charge in [-0.05, 0) is 26.7 Å². The van der Waals surface area contributed by atoms with Crippen LogP contribution in [0.2, 0.25) is 0 Å². The largest absolute Gasteiger partial charge is 0.298 e. The Bertz CT molecular complexity index is 175. The summed E-state index contributed by atoms with van der Waals surface area (Å²) in [6, 6.07) is 0.519. The lowest BCUT2D eigenvalue weighted by atomic mass is 10.1. The van der Waals surface area contributed by atoms with E-state index in [1.807, 2.05) is 13.8 Å². The summed E-state index contributed by atoms with van der Waals surface area (Å²) in [4.78, 5) is 13.9. The average Bonchev–Trinajstić information content (AvgIpc) is 2.11. The van der Waals surface area contributed by atoms with E-state index in [9.17, 15) is 4.79 Å². The molecule has 0 aliphatic rings. The quantitative estimate of drug-likeness (QED) is 0.655. The molecule has 0 fully saturated rings. The van der Waals surface area contributed by atoms with Gasteiger partial charge in [0.1, 0.15) is 5.78 Å². The van der Waals surface area contributed by atoms with Crippen molar-refractivity contribution in [2.75, 3.05) is 6.54 Å². The molecule has 0 amide bonds. The molecule has 0 saturated heterocycles. The summed E-state index contributed by atoms with van der Waals surface area (Å²) in [5, 5.41) is 0. The third kappa shape index (κ3) is 4.23. The second kappa shape index (κ2) is 6.18. The molecular formula is C12H25NO. The van der Waals surface area contributed by atoms with Crippen molar-refractivity contribution >= 4 is 5.78 Å². The number of carbonyl (C=O) groups is 1. The van der Waals surface area contributed by atoms with Crippen LogP contribution in [0.25, 0.3) is 0 Å². The Labute approximate surface area is 88.7 Å². The number of nitrogens with zero attached hydrogens (tertiary/aromatic N) is 1. The highest BCUT2D eigenvalue weighted by Gasteiger charge is 2.22. The van der Waals surface area contributed by atoms with Crippen molar-refractivity contribution in [3.05, 3.63) is 0 Å². The molecule has 0 aliphatic heterocycles. The van der Waals surface area contributed by atoms with E-state index in [1.165, 1.54) is 0 Å². The number of carbonyl (C=O) groups excluding carboxylic acids is 1. The van der Waals surface area contributed by atoms with E-state index in [0.29, 0.717) is 24.2 Å². The molecule has 0 radical (unpaired) electrons. The summed E-state index contributed by atoms with van der Waals surface area (Å²) >= 11 is 0. The zero-order valence-electron chi connectivity index (χ0n) is 10.5. The van der Waals surface area contributed by atoms with Crippen molar-refractivity contribution in [2.45, 2.75) is 60.0 Å². The summed E-state index contributed by atoms with van der Waals surface area (Å²) in [6.07, 6.45) is 0.641. The van der Waals surface area contributed by atoms with Gasteiger partial charge in [-0.15, -0.1) is 0 Å². The second-order valence-electron chi connectivity index (χ2n) is 4.68. The molecule has 0 aromatic carbocycles. The van der Waals surface area contributed by atoms with Gasteiger partial charge in [-0.1, -0.05) is 20.8 Å². The van der Waals surface area contributed by atoms with Crippen molar-refractivity contribution in [1.82, 2.24) is 4.90 Å². The molecule has 0 aromatic heterocycles. The summed E-state index contributed by atoms with van der Waals surface area (Å²) in [5.74, 6) is 0.962. The third-order valence-corrected chi connectivity index (χ3v) is 2.55. The minimum atomic E-state index is 0.0717. The molecular weight excluding hydrogens is 174 g/mol. The fourth-order valence-corrected chi connectivity index (χ4v) is 1.72. The molecule has 1 atom stereocenters. The highest BCUT2D eigenvalue weighted by Crippen LogP contribution is 2.11. The molecule has 14 heavy (non-hydrogen) atoms. The van der Waals surface area contributed by atoms with Gasteiger partial charge in [0, 0.05) is 19.0 Å². The predicted octanol–water partition coefficient (Wildman–Crippen LogP) is 2.72. The smallest absolute Gasteiger partial charge is 0.149 e. The lowest BCUT2D eigenvalue weighted by molar-refractivity contribution is -0.124. The first-order valence-corrected chi connectivity index (χ1v) is 5.68. The lowest BCUT2D eigenvalue weighted by Gasteiger charge is -2.33. The Hall–Kier alpha value is -0.370. The van der Waals surface area contributed by atoms with Gasteiger partial charge in [0.2, 0.25) is 0 Å². The van der Waals surface area contributed by atoms with Crippen LogP contribution in [0.1, 0.15) is 48.0 Å². The van der Waals surface area contributed by atoms with Gasteiger partial charge in [-0.2, -0.15) is 0 Å². The Kier molecular flexibility index (Phi) is 6.01. The van der Waals surface area contributed by atoms with Crippen LogP contribution < -0.4 is 0 Å². The van der Waals surface area contributed by atoms with Gasteiger partial charge in [0.05, 0.1) is 6.04 Å². The predicted molar refractivity (Wildman–Crippen MR) is 61.4 cm³/mol. The van der Waals surface area contributed by atoms with Gasteiger partial charge in [-0.3, -0.25) is 9.69 Å². The number of ketones is 1. The first-order valence-electron chi connectivity index (χ1n) is 5.68. The van der Waals surface area contributed by atoms with Crippen LogP contribution in [0.3, 0.4) is 0 Å². The second-order valence-corrected chi connectivity index (χ2v) is 4.68. The van der Waals surface area contributed by atoms with E-state index < -0.39 is 0 Å². The number of hydrogen-bond acceptors (Lipinski definition) is 2. The first-order chi connectivity index (χ1) is 6.40. The third-order valence-electron chi connectivity index (χ3n) is 2.55. The molecule has 0 saturated carbocycles. The number of rotatable bonds is 6. The molecule has 84 valence electrons. The monoisotopic (exact) mass is 199 g/mol. The topological polar surface area (TPSA) is 20.3 Å². The van der Waals surface area contributed by atoms with Gasteiger partial charge in [0.25, 0.3) is 0 Å². The number of hydrogen-bond donors (Lipinski definition) is 0. The maximum Gasteiger partial charge on any atom is 0.149 e. The van der Waals surface area contributed by atoms with Gasteiger partial charge in [-0.25, -0.2) is 0 Å². The van der Waals surface area contributed by atoms with Crippen molar-refractivity contribution in [1.29, 1.82) is 0 Å². The van der Waals surface area contributed by atoms with Gasteiger partial charge >= 0.3 is 0 Å². The van der Waals surface area contributed by atoms with Crippen molar-refractivity contribution in [2.24, 2.45) is 5.92 Å². The van der Waals surface area contributed by atoms with Crippen molar-refractivity contribution in [3.8, 4) is 0 Å².